The summed E-state index contributed by atoms with van der Waals surface area (Å²) in [7, 11) is -4.55. The van der Waals surface area contributed by atoms with E-state index in [4.69, 9.17) is 16.3 Å². The van der Waals surface area contributed by atoms with Crippen LogP contribution in [0.1, 0.15) is 11.1 Å². The Morgan fingerprint density at radius 1 is 1.21 bits per heavy atom. The first-order chi connectivity index (χ1) is 13.3. The normalized spacial score (nSPS) is 12.6. The van der Waals surface area contributed by atoms with Crippen LogP contribution in [0.3, 0.4) is 0 Å². The van der Waals surface area contributed by atoms with E-state index >= 15 is 0 Å². The molecule has 0 unspecified atom stereocenters. The van der Waals surface area contributed by atoms with Gasteiger partial charge in [-0.3, -0.25) is 10.1 Å². The van der Waals surface area contributed by atoms with Crippen molar-refractivity contribution in [3.8, 4) is 11.5 Å². The van der Waals surface area contributed by atoms with Gasteiger partial charge in [0.2, 0.25) is 5.90 Å². The summed E-state index contributed by atoms with van der Waals surface area (Å²) >= 11 is 5.77. The monoisotopic (exact) mass is 456 g/mol. The number of rotatable bonds is 5. The maximum absolute atomic E-state index is 12.9. The third-order valence-electron chi connectivity index (χ3n) is 3.27. The summed E-state index contributed by atoms with van der Waals surface area (Å²) in [5.74, 6) is -1.37. The Kier molecular flexibility index (Phi) is 6.33. The molecule has 0 aromatic heterocycles. The lowest BCUT2D eigenvalue weighted by Gasteiger charge is -2.12. The van der Waals surface area contributed by atoms with Gasteiger partial charge in [-0.1, -0.05) is 19.9 Å². The second-order valence-electron chi connectivity index (χ2n) is 5.19. The summed E-state index contributed by atoms with van der Waals surface area (Å²) in [6.45, 7) is 0. The molecular formula is C15H9ClF4N2O6S. The van der Waals surface area contributed by atoms with Crippen LogP contribution in [0.25, 0.3) is 0 Å². The second-order valence-corrected chi connectivity index (χ2v) is 6.61. The highest BCUT2D eigenvalue weighted by atomic mass is 35.5. The minimum absolute atomic E-state index is 0.201. The molecule has 0 fully saturated rings. The van der Waals surface area contributed by atoms with E-state index in [0.717, 1.165) is 31.4 Å². The van der Waals surface area contributed by atoms with E-state index < -0.39 is 49.2 Å². The summed E-state index contributed by atoms with van der Waals surface area (Å²) in [4.78, 5) is 10.2. The SMILES string of the molecule is COC(=NS(=O)(=O)F)c1cc(Oc2ccc(C(F)(F)F)cc2Cl)ccc1[N+](=O)[O-]. The molecule has 0 heterocycles. The first kappa shape index (κ1) is 22.4. The average molecular weight is 457 g/mol. The number of alkyl halides is 3. The van der Waals surface area contributed by atoms with E-state index in [1.165, 1.54) is 0 Å². The summed E-state index contributed by atoms with van der Waals surface area (Å²) < 4.78 is 85.0. The number of ether oxygens (including phenoxy) is 2. The van der Waals surface area contributed by atoms with Crippen LogP contribution in [-0.2, 0) is 21.3 Å². The number of nitrogens with zero attached hydrogens (tertiary/aromatic N) is 2. The van der Waals surface area contributed by atoms with E-state index in [1.54, 1.807) is 0 Å². The quantitative estimate of drug-likeness (QED) is 0.162. The van der Waals surface area contributed by atoms with Gasteiger partial charge in [-0.2, -0.15) is 21.6 Å². The molecule has 0 spiro atoms. The number of nitro groups is 1. The predicted octanol–water partition coefficient (Wildman–Crippen LogP) is 4.67. The minimum atomic E-state index is -5.45. The molecule has 0 amide bonds. The molecule has 2 rings (SSSR count). The molecule has 2 aromatic carbocycles. The summed E-state index contributed by atoms with van der Waals surface area (Å²) in [6, 6.07) is 5.06. The Balaban J connectivity index is 2.51. The van der Waals surface area contributed by atoms with Gasteiger partial charge in [0.05, 0.1) is 22.6 Å². The van der Waals surface area contributed by atoms with Gasteiger partial charge < -0.3 is 9.47 Å². The molecule has 0 saturated carbocycles. The van der Waals surface area contributed by atoms with Crippen molar-refractivity contribution in [2.24, 2.45) is 4.40 Å². The topological polar surface area (TPSA) is 108 Å². The largest absolute Gasteiger partial charge is 0.480 e. The summed E-state index contributed by atoms with van der Waals surface area (Å²) in [5.41, 5.74) is -2.28. The van der Waals surface area contributed by atoms with Crippen LogP contribution in [0.2, 0.25) is 5.02 Å². The van der Waals surface area contributed by atoms with Gasteiger partial charge in [0.25, 0.3) is 5.69 Å². The van der Waals surface area contributed by atoms with Crippen LogP contribution in [0.5, 0.6) is 11.5 Å². The van der Waals surface area contributed by atoms with Crippen molar-refractivity contribution in [1.82, 2.24) is 0 Å². The Morgan fingerprint density at radius 3 is 2.34 bits per heavy atom. The van der Waals surface area contributed by atoms with Crippen molar-refractivity contribution in [2.45, 2.75) is 6.18 Å². The zero-order valence-corrected chi connectivity index (χ0v) is 15.7. The fourth-order valence-electron chi connectivity index (χ4n) is 2.09. The van der Waals surface area contributed by atoms with Gasteiger partial charge in [-0.15, -0.1) is 0 Å². The van der Waals surface area contributed by atoms with E-state index in [0.29, 0.717) is 12.1 Å². The Hall–Kier alpha value is -2.93. The molecule has 156 valence electrons. The smallest absolute Gasteiger partial charge is 0.421 e. The first-order valence-corrected chi connectivity index (χ1v) is 8.95. The number of hydrogen-bond donors (Lipinski definition) is 0. The Labute approximate surface area is 165 Å². The second kappa shape index (κ2) is 8.21. The standard InChI is InChI=1S/C15H9ClF4N2O6S/c1-27-14(21-29(20,25)26)10-7-9(3-4-12(10)22(23)24)28-13-5-2-8(6-11(13)16)15(17,18)19/h2-7H,1H3. The van der Waals surface area contributed by atoms with Crippen LogP contribution in [0, 0.1) is 10.1 Å². The van der Waals surface area contributed by atoms with Gasteiger partial charge >= 0.3 is 16.6 Å². The van der Waals surface area contributed by atoms with Crippen LogP contribution in [-0.4, -0.2) is 26.3 Å². The summed E-state index contributed by atoms with van der Waals surface area (Å²) in [5, 5.41) is 10.7. The van der Waals surface area contributed by atoms with Crippen molar-refractivity contribution in [1.29, 1.82) is 0 Å². The third-order valence-corrected chi connectivity index (χ3v) is 3.95. The molecule has 0 aliphatic heterocycles. The zero-order valence-electron chi connectivity index (χ0n) is 14.1. The highest BCUT2D eigenvalue weighted by molar-refractivity contribution is 7.85. The number of methoxy groups -OCH3 is 1. The van der Waals surface area contributed by atoms with Crippen molar-refractivity contribution < 1.29 is 39.9 Å². The fourth-order valence-corrected chi connectivity index (χ4v) is 2.68. The maximum atomic E-state index is 12.9. The minimum Gasteiger partial charge on any atom is -0.480 e. The Bertz CT molecular complexity index is 1090. The van der Waals surface area contributed by atoms with Crippen LogP contribution in [0.4, 0.5) is 22.7 Å². The molecule has 0 atom stereocenters. The van der Waals surface area contributed by atoms with Crippen LogP contribution < -0.4 is 4.74 Å². The molecule has 29 heavy (non-hydrogen) atoms. The molecule has 0 aliphatic carbocycles. The molecule has 0 aliphatic rings. The van der Waals surface area contributed by atoms with Crippen molar-refractivity contribution in [2.75, 3.05) is 7.11 Å². The number of halogens is 5. The molecular weight excluding hydrogens is 448 g/mol. The van der Waals surface area contributed by atoms with Gasteiger partial charge in [-0.25, -0.2) is 0 Å². The number of nitro benzene ring substituents is 1. The molecule has 0 N–H and O–H groups in total. The molecule has 14 heteroatoms. The highest BCUT2D eigenvalue weighted by Crippen LogP contribution is 2.37. The van der Waals surface area contributed by atoms with E-state index in [9.17, 15) is 35.6 Å². The van der Waals surface area contributed by atoms with Gasteiger partial charge in [0.1, 0.15) is 17.1 Å². The van der Waals surface area contributed by atoms with E-state index in [1.807, 2.05) is 0 Å². The van der Waals surface area contributed by atoms with Gasteiger partial charge in [-0.05, 0) is 24.3 Å². The van der Waals surface area contributed by atoms with Crippen molar-refractivity contribution in [3.05, 3.63) is 62.7 Å². The molecule has 0 saturated heterocycles. The predicted molar refractivity (Wildman–Crippen MR) is 93.2 cm³/mol. The fraction of sp³-hybridized carbons (Fsp3) is 0.133. The van der Waals surface area contributed by atoms with E-state index in [2.05, 4.69) is 9.13 Å². The number of benzene rings is 2. The molecule has 8 nitrogen and oxygen atoms in total. The van der Waals surface area contributed by atoms with E-state index in [-0.39, 0.29) is 11.5 Å². The zero-order chi connectivity index (χ0) is 22.0. The molecule has 0 radical (unpaired) electrons. The highest BCUT2D eigenvalue weighted by Gasteiger charge is 2.31. The van der Waals surface area contributed by atoms with Gasteiger partial charge in [0.15, 0.2) is 0 Å². The van der Waals surface area contributed by atoms with Crippen LogP contribution in [0.15, 0.2) is 40.8 Å². The van der Waals surface area contributed by atoms with Crippen LogP contribution >= 0.6 is 11.6 Å². The Morgan fingerprint density at radius 2 is 1.86 bits per heavy atom. The maximum Gasteiger partial charge on any atom is 0.421 e. The molecule has 0 bridgehead atoms. The van der Waals surface area contributed by atoms with Crippen molar-refractivity contribution >= 4 is 33.6 Å². The molecule has 2 aromatic rings. The lowest BCUT2D eigenvalue weighted by molar-refractivity contribution is -0.385. The number of hydrogen-bond acceptors (Lipinski definition) is 6. The summed E-state index contributed by atoms with van der Waals surface area (Å²) in [6.07, 6.45) is -4.63. The van der Waals surface area contributed by atoms with Crippen molar-refractivity contribution in [3.63, 3.8) is 0 Å². The lowest BCUT2D eigenvalue weighted by Crippen LogP contribution is -2.09. The van der Waals surface area contributed by atoms with Gasteiger partial charge in [0, 0.05) is 12.1 Å². The lowest BCUT2D eigenvalue weighted by atomic mass is 10.1. The average Bonchev–Trinajstić information content (AvgIpc) is 2.59. The third kappa shape index (κ3) is 5.77. The first-order valence-electron chi connectivity index (χ1n) is 7.24.